The maximum absolute atomic E-state index is 13.6. The third-order valence-electron chi connectivity index (χ3n) is 6.65. The molecule has 5 heteroatoms. The van der Waals surface area contributed by atoms with Gasteiger partial charge in [0.05, 0.1) is 6.61 Å². The minimum absolute atomic E-state index is 0.0607. The molecular formula is C23H33NO4. The molecular weight excluding hydrogens is 354 g/mol. The van der Waals surface area contributed by atoms with Gasteiger partial charge in [-0.05, 0) is 68.9 Å². The van der Waals surface area contributed by atoms with Crippen LogP contribution in [0.5, 0.6) is 0 Å². The summed E-state index contributed by atoms with van der Waals surface area (Å²) in [5, 5.41) is 9.78. The van der Waals surface area contributed by atoms with E-state index in [2.05, 4.69) is 20.8 Å². The molecule has 2 aliphatic rings. The summed E-state index contributed by atoms with van der Waals surface area (Å²) in [6, 6.07) is 3.03. The molecule has 1 saturated carbocycles. The molecule has 0 bridgehead atoms. The van der Waals surface area contributed by atoms with Gasteiger partial charge in [-0.15, -0.1) is 0 Å². The highest BCUT2D eigenvalue weighted by Gasteiger charge is 2.55. The average Bonchev–Trinajstić information content (AvgIpc) is 2.92. The Hall–Kier alpha value is -1.88. The number of aryl methyl sites for hydroxylation is 3. The number of aliphatic carboxylic acids is 1. The van der Waals surface area contributed by atoms with Crippen molar-refractivity contribution in [1.29, 1.82) is 0 Å². The Balaban J connectivity index is 1.98. The Bertz CT molecular complexity index is 761. The molecule has 0 radical (unpaired) electrons. The van der Waals surface area contributed by atoms with Crippen molar-refractivity contribution in [3.63, 3.8) is 0 Å². The Morgan fingerprint density at radius 3 is 2.11 bits per heavy atom. The van der Waals surface area contributed by atoms with Gasteiger partial charge in [0.2, 0.25) is 0 Å². The predicted molar refractivity (Wildman–Crippen MR) is 108 cm³/mol. The second kappa shape index (κ2) is 7.18. The molecule has 5 nitrogen and oxygen atoms in total. The second-order valence-electron chi connectivity index (χ2n) is 9.70. The van der Waals surface area contributed by atoms with Crippen molar-refractivity contribution in [2.45, 2.75) is 79.0 Å². The molecule has 0 unspecified atom stereocenters. The molecule has 3 rings (SSSR count). The van der Waals surface area contributed by atoms with Gasteiger partial charge in [-0.3, -0.25) is 9.69 Å². The fraction of sp³-hybridized carbons (Fsp3) is 0.652. The lowest BCUT2D eigenvalue weighted by atomic mass is 9.70. The zero-order valence-corrected chi connectivity index (χ0v) is 18.0. The lowest BCUT2D eigenvalue weighted by Crippen LogP contribution is -2.55. The number of carboxylic acids is 1. The number of carbonyl (C=O) groups excluding carboxylic acids is 1. The highest BCUT2D eigenvalue weighted by molar-refractivity contribution is 6.00. The predicted octanol–water partition coefficient (Wildman–Crippen LogP) is 4.47. The van der Waals surface area contributed by atoms with Crippen LogP contribution in [0.25, 0.3) is 0 Å². The number of hydrogen-bond donors (Lipinski definition) is 1. The van der Waals surface area contributed by atoms with Gasteiger partial charge in [-0.25, -0.2) is 4.79 Å². The molecule has 1 aliphatic heterocycles. The van der Waals surface area contributed by atoms with Gasteiger partial charge in [0.1, 0.15) is 5.72 Å². The van der Waals surface area contributed by atoms with Gasteiger partial charge in [-0.1, -0.05) is 38.5 Å². The quantitative estimate of drug-likeness (QED) is 0.813. The molecule has 1 saturated heterocycles. The number of carboxylic acid groups (broad SMARTS) is 1. The van der Waals surface area contributed by atoms with Crippen LogP contribution in [0.3, 0.4) is 0 Å². The monoisotopic (exact) mass is 387 g/mol. The Morgan fingerprint density at radius 2 is 1.64 bits per heavy atom. The summed E-state index contributed by atoms with van der Waals surface area (Å²) in [5.74, 6) is -0.662. The minimum atomic E-state index is -0.995. The van der Waals surface area contributed by atoms with E-state index in [4.69, 9.17) is 4.74 Å². The molecule has 154 valence electrons. The molecule has 1 aromatic carbocycles. The highest BCUT2D eigenvalue weighted by Crippen LogP contribution is 2.47. The first-order valence-corrected chi connectivity index (χ1v) is 10.2. The summed E-state index contributed by atoms with van der Waals surface area (Å²) in [6.07, 6.45) is 3.25. The van der Waals surface area contributed by atoms with E-state index in [0.717, 1.165) is 29.5 Å². The fourth-order valence-corrected chi connectivity index (χ4v) is 5.13. The first-order valence-electron chi connectivity index (χ1n) is 10.2. The van der Waals surface area contributed by atoms with Crippen LogP contribution in [0, 0.1) is 32.1 Å². The summed E-state index contributed by atoms with van der Waals surface area (Å²) in [6.45, 7) is 12.6. The number of ether oxygens (including phenoxy) is 1. The van der Waals surface area contributed by atoms with Gasteiger partial charge >= 0.3 is 5.97 Å². The van der Waals surface area contributed by atoms with Gasteiger partial charge in [-0.2, -0.15) is 0 Å². The van der Waals surface area contributed by atoms with Crippen LogP contribution in [0.15, 0.2) is 12.1 Å². The van der Waals surface area contributed by atoms with Crippen molar-refractivity contribution in [3.05, 3.63) is 34.4 Å². The van der Waals surface area contributed by atoms with Crippen LogP contribution in [-0.4, -0.2) is 40.3 Å². The molecule has 1 heterocycles. The van der Waals surface area contributed by atoms with Gasteiger partial charge in [0.25, 0.3) is 5.91 Å². The van der Waals surface area contributed by atoms with Gasteiger partial charge in [0, 0.05) is 5.56 Å². The van der Waals surface area contributed by atoms with Gasteiger partial charge in [0.15, 0.2) is 6.04 Å². The van der Waals surface area contributed by atoms with Gasteiger partial charge < -0.3 is 9.84 Å². The lowest BCUT2D eigenvalue weighted by Gasteiger charge is -2.46. The zero-order valence-electron chi connectivity index (χ0n) is 18.0. The molecule has 1 aliphatic carbocycles. The number of carbonyl (C=O) groups is 2. The molecule has 0 aromatic heterocycles. The largest absolute Gasteiger partial charge is 0.480 e. The van der Waals surface area contributed by atoms with Crippen LogP contribution in [-0.2, 0) is 9.53 Å². The molecule has 2 fully saturated rings. The van der Waals surface area contributed by atoms with Crippen LogP contribution in [0.1, 0.15) is 73.5 Å². The first kappa shape index (κ1) is 20.8. The van der Waals surface area contributed by atoms with Crippen molar-refractivity contribution in [2.75, 3.05) is 6.61 Å². The van der Waals surface area contributed by atoms with Crippen molar-refractivity contribution in [3.8, 4) is 0 Å². The molecule has 1 aromatic rings. The van der Waals surface area contributed by atoms with Crippen molar-refractivity contribution < 1.29 is 19.4 Å². The Labute approximate surface area is 168 Å². The van der Waals surface area contributed by atoms with Crippen LogP contribution in [0.2, 0.25) is 0 Å². The van der Waals surface area contributed by atoms with Crippen LogP contribution < -0.4 is 0 Å². The summed E-state index contributed by atoms with van der Waals surface area (Å²) >= 11 is 0. The maximum atomic E-state index is 13.6. The van der Waals surface area contributed by atoms with Crippen molar-refractivity contribution in [2.24, 2.45) is 11.3 Å². The summed E-state index contributed by atoms with van der Waals surface area (Å²) in [7, 11) is 0. The number of amides is 1. The zero-order chi connectivity index (χ0) is 20.9. The summed E-state index contributed by atoms with van der Waals surface area (Å²) < 4.78 is 6.10. The standard InChI is InChI=1S/C23H33NO4/c1-14-11-15(2)19(16(3)12-14)20(25)24-18(21(26)27)13-28-23(24)9-7-17(8-10-23)22(4,5)6/h11-12,17-18H,7-10,13H2,1-6H3,(H,26,27)/t17?,18-,23?/m1/s1. The maximum Gasteiger partial charge on any atom is 0.328 e. The number of hydrogen-bond acceptors (Lipinski definition) is 3. The lowest BCUT2D eigenvalue weighted by molar-refractivity contribution is -0.144. The van der Waals surface area contributed by atoms with E-state index in [9.17, 15) is 14.7 Å². The van der Waals surface area contributed by atoms with E-state index in [-0.39, 0.29) is 17.9 Å². The van der Waals surface area contributed by atoms with E-state index in [1.807, 2.05) is 32.9 Å². The third-order valence-corrected chi connectivity index (χ3v) is 6.65. The van der Waals surface area contributed by atoms with E-state index < -0.39 is 17.7 Å². The third kappa shape index (κ3) is 3.57. The molecule has 1 atom stereocenters. The summed E-state index contributed by atoms with van der Waals surface area (Å²) in [4.78, 5) is 27.2. The molecule has 1 amide bonds. The number of benzene rings is 1. The normalized spacial score (nSPS) is 28.0. The van der Waals surface area contributed by atoms with E-state index in [1.165, 1.54) is 0 Å². The minimum Gasteiger partial charge on any atom is -0.480 e. The molecule has 1 spiro atoms. The topological polar surface area (TPSA) is 66.8 Å². The molecule has 1 N–H and O–H groups in total. The van der Waals surface area contributed by atoms with Crippen molar-refractivity contribution >= 4 is 11.9 Å². The van der Waals surface area contributed by atoms with Crippen molar-refractivity contribution in [1.82, 2.24) is 4.90 Å². The molecule has 28 heavy (non-hydrogen) atoms. The highest BCUT2D eigenvalue weighted by atomic mass is 16.5. The van der Waals surface area contributed by atoms with E-state index >= 15 is 0 Å². The summed E-state index contributed by atoms with van der Waals surface area (Å²) in [5.41, 5.74) is 2.88. The fourth-order valence-electron chi connectivity index (χ4n) is 5.13. The van der Waals surface area contributed by atoms with E-state index in [0.29, 0.717) is 24.3 Å². The Morgan fingerprint density at radius 1 is 1.11 bits per heavy atom. The first-order chi connectivity index (χ1) is 13.0. The smallest absolute Gasteiger partial charge is 0.328 e. The second-order valence-corrected chi connectivity index (χ2v) is 9.70. The van der Waals surface area contributed by atoms with Crippen LogP contribution >= 0.6 is 0 Å². The Kier molecular flexibility index (Phi) is 5.34. The van der Waals surface area contributed by atoms with E-state index in [1.54, 1.807) is 4.90 Å². The number of nitrogens with zero attached hydrogens (tertiary/aromatic N) is 1. The van der Waals surface area contributed by atoms with Crippen LogP contribution in [0.4, 0.5) is 0 Å². The number of rotatable bonds is 2. The SMILES string of the molecule is Cc1cc(C)c(C(=O)N2[C@@H](C(=O)O)COC23CCC(C(C)(C)C)CC3)c(C)c1. The average molecular weight is 388 g/mol.